The second kappa shape index (κ2) is 12.2. The van der Waals surface area contributed by atoms with E-state index in [-0.39, 0.29) is 35.6 Å². The van der Waals surface area contributed by atoms with Gasteiger partial charge in [-0.1, -0.05) is 0 Å². The van der Waals surface area contributed by atoms with Crippen LogP contribution in [0.5, 0.6) is 0 Å². The summed E-state index contributed by atoms with van der Waals surface area (Å²) in [7, 11) is 0. The lowest BCUT2D eigenvalue weighted by Crippen LogP contribution is -2.53. The number of ether oxygens (including phenoxy) is 1. The van der Waals surface area contributed by atoms with Crippen molar-refractivity contribution in [2.45, 2.75) is 37.8 Å². The number of fused-ring (bicyclic) bond motifs is 1. The predicted molar refractivity (Wildman–Crippen MR) is 145 cm³/mol. The van der Waals surface area contributed by atoms with Crippen molar-refractivity contribution in [2.75, 3.05) is 24.7 Å². The fourth-order valence-electron chi connectivity index (χ4n) is 5.31. The van der Waals surface area contributed by atoms with E-state index in [1.54, 1.807) is 0 Å². The topological polar surface area (TPSA) is 109 Å². The van der Waals surface area contributed by atoms with Crippen LogP contribution in [0.4, 0.5) is 40.8 Å². The van der Waals surface area contributed by atoms with Gasteiger partial charge in [-0.15, -0.1) is 0 Å². The Morgan fingerprint density at radius 3 is 2.39 bits per heavy atom. The molecule has 1 fully saturated rings. The number of benzene rings is 1. The SMILES string of the molecule is Cc1ccnc(-c2ccc(CC(NC(=O)c3c(F)cc(N4CCOCC4C(F)(F)F)cc3F)C(=O)O)n3ccnc23)c1C(F)(F)F. The van der Waals surface area contributed by atoms with Crippen LogP contribution in [0, 0.1) is 18.6 Å². The van der Waals surface area contributed by atoms with E-state index in [4.69, 9.17) is 4.74 Å². The minimum Gasteiger partial charge on any atom is -0.480 e. The van der Waals surface area contributed by atoms with Crippen LogP contribution in [0.25, 0.3) is 16.9 Å². The highest BCUT2D eigenvalue weighted by molar-refractivity contribution is 5.97. The molecule has 0 aliphatic carbocycles. The summed E-state index contributed by atoms with van der Waals surface area (Å²) in [5.41, 5.74) is -3.08. The van der Waals surface area contributed by atoms with Gasteiger partial charge in [0.1, 0.15) is 34.9 Å². The Morgan fingerprint density at radius 1 is 1.07 bits per heavy atom. The first kappa shape index (κ1) is 32.6. The highest BCUT2D eigenvalue weighted by atomic mass is 19.4. The second-order valence-corrected chi connectivity index (χ2v) is 10.4. The summed E-state index contributed by atoms with van der Waals surface area (Å²) >= 11 is 0. The number of morpholine rings is 1. The number of hydrogen-bond acceptors (Lipinski definition) is 6. The molecule has 4 heterocycles. The van der Waals surface area contributed by atoms with Gasteiger partial charge >= 0.3 is 18.3 Å². The van der Waals surface area contributed by atoms with Gasteiger partial charge in [0.2, 0.25) is 0 Å². The summed E-state index contributed by atoms with van der Waals surface area (Å²) in [4.78, 5) is 33.7. The number of nitrogens with one attached hydrogen (secondary N) is 1. The van der Waals surface area contributed by atoms with Crippen LogP contribution >= 0.6 is 0 Å². The number of halogens is 8. The first-order chi connectivity index (χ1) is 21.6. The molecule has 2 unspecified atom stereocenters. The maximum Gasteiger partial charge on any atom is 0.418 e. The van der Waals surface area contributed by atoms with Gasteiger partial charge in [0, 0.05) is 48.5 Å². The first-order valence-corrected chi connectivity index (χ1v) is 13.5. The lowest BCUT2D eigenvalue weighted by atomic mass is 10.0. The molecule has 1 amide bonds. The van der Waals surface area contributed by atoms with E-state index < -0.39 is 83.5 Å². The highest BCUT2D eigenvalue weighted by Crippen LogP contribution is 2.39. The van der Waals surface area contributed by atoms with Gasteiger partial charge in [0.25, 0.3) is 5.91 Å². The van der Waals surface area contributed by atoms with Crippen molar-refractivity contribution in [2.24, 2.45) is 0 Å². The highest BCUT2D eigenvalue weighted by Gasteiger charge is 2.46. The van der Waals surface area contributed by atoms with Gasteiger partial charge in [-0.05, 0) is 42.8 Å². The number of aliphatic carboxylic acids is 1. The minimum atomic E-state index is -4.78. The molecule has 0 bridgehead atoms. The number of aromatic nitrogens is 3. The number of anilines is 1. The van der Waals surface area contributed by atoms with E-state index in [1.807, 2.05) is 5.32 Å². The quantitative estimate of drug-likeness (QED) is 0.263. The molecule has 0 spiro atoms. The monoisotopic (exact) mass is 657 g/mol. The van der Waals surface area contributed by atoms with E-state index >= 15 is 8.78 Å². The van der Waals surface area contributed by atoms with E-state index in [0.29, 0.717) is 17.0 Å². The van der Waals surface area contributed by atoms with Crippen LogP contribution in [0.1, 0.15) is 27.2 Å². The van der Waals surface area contributed by atoms with Gasteiger partial charge in [-0.25, -0.2) is 18.6 Å². The summed E-state index contributed by atoms with van der Waals surface area (Å²) in [6, 6.07) is 0.840. The summed E-state index contributed by atoms with van der Waals surface area (Å²) in [6.07, 6.45) is -6.25. The average Bonchev–Trinajstić information content (AvgIpc) is 3.46. The molecule has 4 aromatic rings. The number of amides is 1. The molecule has 2 atom stereocenters. The number of nitrogens with zero attached hydrogens (tertiary/aromatic N) is 4. The van der Waals surface area contributed by atoms with Crippen molar-refractivity contribution in [1.82, 2.24) is 19.7 Å². The zero-order valence-electron chi connectivity index (χ0n) is 23.6. The summed E-state index contributed by atoms with van der Waals surface area (Å²) in [6.45, 7) is 0.0148. The molecular weight excluding hydrogens is 634 g/mol. The van der Waals surface area contributed by atoms with Crippen molar-refractivity contribution in [1.29, 1.82) is 0 Å². The smallest absolute Gasteiger partial charge is 0.418 e. The number of carboxylic acids is 1. The summed E-state index contributed by atoms with van der Waals surface area (Å²) in [5, 5.41) is 11.8. The fourth-order valence-corrected chi connectivity index (χ4v) is 5.31. The molecule has 17 heteroatoms. The standard InChI is InChI=1S/C29H23F8N5O4/c1-14-4-5-38-24(23(14)29(35,36)37)17-3-2-15(42-7-6-39-25(17)42)12-20(27(44)45)40-26(43)22-18(30)10-16(11-19(22)31)41-8-9-46-13-21(41)28(32,33)34/h2-7,10-11,20-21H,8-9,12-13H2,1H3,(H,40,43)(H,44,45). The Morgan fingerprint density at radius 2 is 1.76 bits per heavy atom. The molecule has 1 aliphatic rings. The van der Waals surface area contributed by atoms with E-state index in [9.17, 15) is 41.0 Å². The van der Waals surface area contributed by atoms with Crippen molar-refractivity contribution < 1.29 is 54.6 Å². The Hall–Kier alpha value is -4.80. The maximum atomic E-state index is 15.0. The molecule has 5 rings (SSSR count). The number of imidazole rings is 1. The van der Waals surface area contributed by atoms with Crippen molar-refractivity contribution in [3.05, 3.63) is 82.9 Å². The third kappa shape index (κ3) is 6.31. The fraction of sp³-hybridized carbons (Fsp3) is 0.310. The Labute approximate surface area is 254 Å². The van der Waals surface area contributed by atoms with Crippen LogP contribution in [-0.2, 0) is 22.1 Å². The molecule has 46 heavy (non-hydrogen) atoms. The molecule has 1 aromatic carbocycles. The van der Waals surface area contributed by atoms with Gasteiger partial charge in [0.15, 0.2) is 0 Å². The van der Waals surface area contributed by atoms with Gasteiger partial charge in [-0.3, -0.25) is 9.78 Å². The van der Waals surface area contributed by atoms with Crippen LogP contribution < -0.4 is 10.2 Å². The molecule has 1 aliphatic heterocycles. The largest absolute Gasteiger partial charge is 0.480 e. The number of pyridine rings is 2. The van der Waals surface area contributed by atoms with Crippen LogP contribution in [0.2, 0.25) is 0 Å². The molecule has 2 N–H and O–H groups in total. The number of carboxylic acid groups (broad SMARTS) is 1. The van der Waals surface area contributed by atoms with Crippen LogP contribution in [0.15, 0.2) is 48.9 Å². The normalized spacial score (nSPS) is 16.5. The van der Waals surface area contributed by atoms with Gasteiger partial charge in [0.05, 0.1) is 24.5 Å². The van der Waals surface area contributed by atoms with Crippen LogP contribution in [0.3, 0.4) is 0 Å². The number of carbonyl (C=O) groups is 2. The molecule has 1 saturated heterocycles. The first-order valence-electron chi connectivity index (χ1n) is 13.5. The summed E-state index contributed by atoms with van der Waals surface area (Å²) < 4.78 is 118. The molecular formula is C29H23F8N5O4. The van der Waals surface area contributed by atoms with E-state index in [0.717, 1.165) is 0 Å². The Bertz CT molecular complexity index is 1780. The minimum absolute atomic E-state index is 0.00971. The number of alkyl halides is 6. The zero-order valence-corrected chi connectivity index (χ0v) is 23.6. The number of aryl methyl sites for hydroxylation is 1. The van der Waals surface area contributed by atoms with Crippen molar-refractivity contribution >= 4 is 23.2 Å². The predicted octanol–water partition coefficient (Wildman–Crippen LogP) is 5.19. The van der Waals surface area contributed by atoms with Crippen LogP contribution in [-0.4, -0.2) is 69.4 Å². The molecule has 3 aromatic heterocycles. The molecule has 244 valence electrons. The Kier molecular flexibility index (Phi) is 8.63. The maximum absolute atomic E-state index is 15.0. The zero-order chi connectivity index (χ0) is 33.6. The second-order valence-electron chi connectivity index (χ2n) is 10.4. The third-order valence-electron chi connectivity index (χ3n) is 7.44. The third-order valence-corrected chi connectivity index (χ3v) is 7.44. The number of hydrogen-bond donors (Lipinski definition) is 2. The van der Waals surface area contributed by atoms with E-state index in [2.05, 4.69) is 9.97 Å². The van der Waals surface area contributed by atoms with E-state index in [1.165, 1.54) is 48.1 Å². The van der Waals surface area contributed by atoms with Crippen molar-refractivity contribution in [3.8, 4) is 11.3 Å². The lowest BCUT2D eigenvalue weighted by molar-refractivity contribution is -0.167. The summed E-state index contributed by atoms with van der Waals surface area (Å²) in [5.74, 6) is -6.18. The van der Waals surface area contributed by atoms with Crippen molar-refractivity contribution in [3.63, 3.8) is 0 Å². The van der Waals surface area contributed by atoms with Gasteiger partial charge < -0.3 is 24.5 Å². The lowest BCUT2D eigenvalue weighted by Gasteiger charge is -2.38. The van der Waals surface area contributed by atoms with Gasteiger partial charge in [-0.2, -0.15) is 26.3 Å². The molecule has 0 saturated carbocycles. The number of carbonyl (C=O) groups excluding carboxylic acids is 1. The molecule has 9 nitrogen and oxygen atoms in total. The molecule has 0 radical (unpaired) electrons. The average molecular weight is 658 g/mol. The number of rotatable bonds is 7. The Balaban J connectivity index is 1.43.